The molecule has 2 aromatic heterocycles. The van der Waals surface area contributed by atoms with Crippen LogP contribution >= 0.6 is 0 Å². The second kappa shape index (κ2) is 6.02. The summed E-state index contributed by atoms with van der Waals surface area (Å²) in [5.41, 5.74) is 3.37. The standard InChI is InChI=1S/C18H19N3/c1-14(16-7-5-11-19-12-16)21(2)13-17-10-9-15-6-3-4-8-18(15)20-17/h3-12,14H,13H2,1-2H3/t14-/m0/s1. The Hall–Kier alpha value is -2.26. The maximum Gasteiger partial charge on any atom is 0.0705 e. The Morgan fingerprint density at radius 1 is 1.05 bits per heavy atom. The number of benzene rings is 1. The number of rotatable bonds is 4. The van der Waals surface area contributed by atoms with Gasteiger partial charge in [-0.15, -0.1) is 0 Å². The van der Waals surface area contributed by atoms with Crippen LogP contribution in [-0.4, -0.2) is 21.9 Å². The molecule has 21 heavy (non-hydrogen) atoms. The SMILES string of the molecule is C[C@@H](c1cccnc1)N(C)Cc1ccc2ccccc2n1. The van der Waals surface area contributed by atoms with Gasteiger partial charge < -0.3 is 0 Å². The third-order valence-corrected chi connectivity index (χ3v) is 3.90. The number of pyridine rings is 2. The van der Waals surface area contributed by atoms with E-state index in [0.717, 1.165) is 17.8 Å². The molecule has 0 spiro atoms. The van der Waals surface area contributed by atoms with E-state index in [1.165, 1.54) is 10.9 Å². The quantitative estimate of drug-likeness (QED) is 0.726. The van der Waals surface area contributed by atoms with Gasteiger partial charge in [-0.3, -0.25) is 14.9 Å². The molecule has 0 bridgehead atoms. The lowest BCUT2D eigenvalue weighted by molar-refractivity contribution is 0.250. The lowest BCUT2D eigenvalue weighted by Gasteiger charge is -2.24. The van der Waals surface area contributed by atoms with Crippen molar-refractivity contribution in [3.05, 3.63) is 72.2 Å². The van der Waals surface area contributed by atoms with E-state index in [0.29, 0.717) is 6.04 Å². The van der Waals surface area contributed by atoms with Crippen molar-refractivity contribution in [3.8, 4) is 0 Å². The van der Waals surface area contributed by atoms with Gasteiger partial charge in [0, 0.05) is 30.4 Å². The summed E-state index contributed by atoms with van der Waals surface area (Å²) in [5, 5.41) is 1.18. The van der Waals surface area contributed by atoms with Gasteiger partial charge in [0.15, 0.2) is 0 Å². The van der Waals surface area contributed by atoms with Crippen LogP contribution in [0.2, 0.25) is 0 Å². The Balaban J connectivity index is 1.78. The van der Waals surface area contributed by atoms with E-state index < -0.39 is 0 Å². The topological polar surface area (TPSA) is 29.0 Å². The molecule has 0 radical (unpaired) electrons. The summed E-state index contributed by atoms with van der Waals surface area (Å²) >= 11 is 0. The Labute approximate surface area is 125 Å². The Morgan fingerprint density at radius 2 is 1.90 bits per heavy atom. The third-order valence-electron chi connectivity index (χ3n) is 3.90. The molecule has 2 heterocycles. The molecule has 3 rings (SSSR count). The summed E-state index contributed by atoms with van der Waals surface area (Å²) in [4.78, 5) is 11.2. The summed E-state index contributed by atoms with van der Waals surface area (Å²) in [5.74, 6) is 0. The van der Waals surface area contributed by atoms with Crippen molar-refractivity contribution >= 4 is 10.9 Å². The Bertz CT molecular complexity index is 725. The molecule has 0 aliphatic carbocycles. The predicted octanol–water partition coefficient (Wildman–Crippen LogP) is 3.82. The minimum absolute atomic E-state index is 0.312. The number of hydrogen-bond donors (Lipinski definition) is 0. The first-order valence-corrected chi connectivity index (χ1v) is 7.19. The van der Waals surface area contributed by atoms with Crippen LogP contribution in [0.4, 0.5) is 0 Å². The van der Waals surface area contributed by atoms with Gasteiger partial charge in [-0.2, -0.15) is 0 Å². The molecule has 0 amide bonds. The van der Waals surface area contributed by atoms with Gasteiger partial charge in [0.2, 0.25) is 0 Å². The average molecular weight is 277 g/mol. The largest absolute Gasteiger partial charge is 0.294 e. The predicted molar refractivity (Wildman–Crippen MR) is 85.9 cm³/mol. The van der Waals surface area contributed by atoms with Gasteiger partial charge in [0.05, 0.1) is 11.2 Å². The highest BCUT2D eigenvalue weighted by atomic mass is 15.1. The van der Waals surface area contributed by atoms with Gasteiger partial charge in [0.1, 0.15) is 0 Å². The number of nitrogens with zero attached hydrogens (tertiary/aromatic N) is 3. The highest BCUT2D eigenvalue weighted by Crippen LogP contribution is 2.20. The number of hydrogen-bond acceptors (Lipinski definition) is 3. The van der Waals surface area contributed by atoms with Crippen LogP contribution in [0, 0.1) is 0 Å². The van der Waals surface area contributed by atoms with E-state index >= 15 is 0 Å². The molecule has 1 aromatic carbocycles. The fourth-order valence-corrected chi connectivity index (χ4v) is 2.47. The van der Waals surface area contributed by atoms with Gasteiger partial charge >= 0.3 is 0 Å². The molecule has 3 aromatic rings. The highest BCUT2D eigenvalue weighted by molar-refractivity contribution is 5.78. The molecule has 0 aliphatic rings. The molecule has 0 fully saturated rings. The minimum atomic E-state index is 0.312. The van der Waals surface area contributed by atoms with E-state index in [2.05, 4.69) is 54.2 Å². The fourth-order valence-electron chi connectivity index (χ4n) is 2.47. The normalized spacial score (nSPS) is 12.7. The van der Waals surface area contributed by atoms with Gasteiger partial charge in [-0.25, -0.2) is 0 Å². The summed E-state index contributed by atoms with van der Waals surface area (Å²) in [6, 6.07) is 16.9. The lowest BCUT2D eigenvalue weighted by atomic mass is 10.1. The van der Waals surface area contributed by atoms with E-state index in [1.807, 2.05) is 24.4 Å². The van der Waals surface area contributed by atoms with Crippen molar-refractivity contribution in [3.63, 3.8) is 0 Å². The Morgan fingerprint density at radius 3 is 2.71 bits per heavy atom. The van der Waals surface area contributed by atoms with Crippen molar-refractivity contribution in [1.29, 1.82) is 0 Å². The minimum Gasteiger partial charge on any atom is -0.294 e. The van der Waals surface area contributed by atoms with Crippen LogP contribution in [0.15, 0.2) is 60.9 Å². The Kier molecular flexibility index (Phi) is 3.93. The van der Waals surface area contributed by atoms with Gasteiger partial charge in [0.25, 0.3) is 0 Å². The molecule has 0 saturated carbocycles. The summed E-state index contributed by atoms with van der Waals surface area (Å²) in [6.07, 6.45) is 3.73. The molecule has 0 N–H and O–H groups in total. The van der Waals surface area contributed by atoms with Crippen molar-refractivity contribution < 1.29 is 0 Å². The highest BCUT2D eigenvalue weighted by Gasteiger charge is 2.12. The van der Waals surface area contributed by atoms with Gasteiger partial charge in [-0.1, -0.05) is 30.3 Å². The first-order chi connectivity index (χ1) is 10.2. The average Bonchev–Trinajstić information content (AvgIpc) is 2.55. The smallest absolute Gasteiger partial charge is 0.0705 e. The van der Waals surface area contributed by atoms with E-state index in [1.54, 1.807) is 6.20 Å². The van der Waals surface area contributed by atoms with E-state index in [9.17, 15) is 0 Å². The molecule has 0 unspecified atom stereocenters. The lowest BCUT2D eigenvalue weighted by Crippen LogP contribution is -2.22. The molecular weight excluding hydrogens is 258 g/mol. The van der Waals surface area contributed by atoms with E-state index in [4.69, 9.17) is 4.98 Å². The summed E-state index contributed by atoms with van der Waals surface area (Å²) in [6.45, 7) is 3.01. The zero-order valence-corrected chi connectivity index (χ0v) is 12.4. The van der Waals surface area contributed by atoms with Crippen LogP contribution in [-0.2, 0) is 6.54 Å². The zero-order valence-electron chi connectivity index (χ0n) is 12.4. The molecule has 1 atom stereocenters. The second-order valence-corrected chi connectivity index (χ2v) is 5.37. The molecule has 0 saturated heterocycles. The number of para-hydroxylation sites is 1. The third kappa shape index (κ3) is 3.09. The van der Waals surface area contributed by atoms with Crippen LogP contribution in [0.1, 0.15) is 24.2 Å². The van der Waals surface area contributed by atoms with E-state index in [-0.39, 0.29) is 0 Å². The van der Waals surface area contributed by atoms with Crippen molar-refractivity contribution in [2.24, 2.45) is 0 Å². The van der Waals surface area contributed by atoms with Crippen molar-refractivity contribution in [1.82, 2.24) is 14.9 Å². The number of aromatic nitrogens is 2. The first kappa shape index (κ1) is 13.7. The zero-order chi connectivity index (χ0) is 14.7. The van der Waals surface area contributed by atoms with Crippen molar-refractivity contribution in [2.75, 3.05) is 7.05 Å². The first-order valence-electron chi connectivity index (χ1n) is 7.19. The monoisotopic (exact) mass is 277 g/mol. The summed E-state index contributed by atoms with van der Waals surface area (Å²) < 4.78 is 0. The van der Waals surface area contributed by atoms with Gasteiger partial charge in [-0.05, 0) is 37.7 Å². The maximum absolute atomic E-state index is 4.73. The van der Waals surface area contributed by atoms with Crippen LogP contribution in [0.5, 0.6) is 0 Å². The molecule has 106 valence electrons. The van der Waals surface area contributed by atoms with Crippen molar-refractivity contribution in [2.45, 2.75) is 19.5 Å². The maximum atomic E-state index is 4.73. The molecule has 3 heteroatoms. The van der Waals surface area contributed by atoms with Crippen LogP contribution in [0.3, 0.4) is 0 Å². The summed E-state index contributed by atoms with van der Waals surface area (Å²) in [7, 11) is 2.12. The molecular formula is C18H19N3. The number of fused-ring (bicyclic) bond motifs is 1. The fraction of sp³-hybridized carbons (Fsp3) is 0.222. The molecule has 0 aliphatic heterocycles. The molecule has 3 nitrogen and oxygen atoms in total. The van der Waals surface area contributed by atoms with Crippen LogP contribution in [0.25, 0.3) is 10.9 Å². The second-order valence-electron chi connectivity index (χ2n) is 5.37. The van der Waals surface area contributed by atoms with Crippen LogP contribution < -0.4 is 0 Å².